The van der Waals surface area contributed by atoms with Crippen molar-refractivity contribution in [3.63, 3.8) is 0 Å². The molecule has 0 saturated carbocycles. The molecule has 1 aliphatic heterocycles. The molecule has 16 heavy (non-hydrogen) atoms. The SMILES string of the molecule is O=C1C(=O)N(c2cn[nH]n2)c2ccccc21. The third kappa shape index (κ3) is 1.01. The van der Waals surface area contributed by atoms with Gasteiger partial charge >= 0.3 is 5.91 Å². The van der Waals surface area contributed by atoms with E-state index in [0.717, 1.165) is 0 Å². The molecule has 1 amide bonds. The number of nitrogens with zero attached hydrogens (tertiary/aromatic N) is 3. The third-order valence-corrected chi connectivity index (χ3v) is 2.42. The molecule has 6 nitrogen and oxygen atoms in total. The van der Waals surface area contributed by atoms with E-state index in [2.05, 4.69) is 15.4 Å². The third-order valence-electron chi connectivity index (χ3n) is 2.42. The Morgan fingerprint density at radius 3 is 2.75 bits per heavy atom. The number of carbonyl (C=O) groups is 2. The number of hydrogen-bond acceptors (Lipinski definition) is 4. The van der Waals surface area contributed by atoms with E-state index < -0.39 is 11.7 Å². The summed E-state index contributed by atoms with van der Waals surface area (Å²) in [6, 6.07) is 6.80. The van der Waals surface area contributed by atoms with E-state index in [1.165, 1.54) is 11.1 Å². The van der Waals surface area contributed by atoms with Crippen LogP contribution in [0.5, 0.6) is 0 Å². The standard InChI is InChI=1S/C10H6N4O2/c15-9-6-3-1-2-4-7(6)14(10(9)16)8-5-11-13-12-8/h1-5H,(H,11,12,13). The van der Waals surface area contributed by atoms with E-state index in [-0.39, 0.29) is 0 Å². The van der Waals surface area contributed by atoms with Crippen LogP contribution < -0.4 is 4.90 Å². The van der Waals surface area contributed by atoms with Gasteiger partial charge < -0.3 is 0 Å². The molecule has 78 valence electrons. The largest absolute Gasteiger partial charge is 0.305 e. The van der Waals surface area contributed by atoms with Crippen LogP contribution >= 0.6 is 0 Å². The lowest BCUT2D eigenvalue weighted by Crippen LogP contribution is -2.25. The number of anilines is 2. The van der Waals surface area contributed by atoms with E-state index in [1.54, 1.807) is 24.3 Å². The van der Waals surface area contributed by atoms with Crippen molar-refractivity contribution in [2.45, 2.75) is 0 Å². The molecule has 3 rings (SSSR count). The van der Waals surface area contributed by atoms with Crippen LogP contribution in [0.1, 0.15) is 10.4 Å². The van der Waals surface area contributed by atoms with Crippen molar-refractivity contribution in [3.8, 4) is 0 Å². The summed E-state index contributed by atoms with van der Waals surface area (Å²) in [7, 11) is 0. The minimum atomic E-state index is -0.602. The van der Waals surface area contributed by atoms with Gasteiger partial charge in [0.25, 0.3) is 5.78 Å². The molecule has 0 spiro atoms. The smallest absolute Gasteiger partial charge is 0.283 e. The van der Waals surface area contributed by atoms with Crippen molar-refractivity contribution < 1.29 is 9.59 Å². The number of benzene rings is 1. The van der Waals surface area contributed by atoms with Gasteiger partial charge in [-0.15, -0.1) is 5.10 Å². The zero-order valence-electron chi connectivity index (χ0n) is 8.04. The van der Waals surface area contributed by atoms with Crippen molar-refractivity contribution >= 4 is 23.2 Å². The van der Waals surface area contributed by atoms with E-state index in [9.17, 15) is 9.59 Å². The van der Waals surface area contributed by atoms with Crippen LogP contribution in [0, 0.1) is 0 Å². The Balaban J connectivity index is 2.22. The molecule has 1 N–H and O–H groups in total. The molecule has 0 saturated heterocycles. The van der Waals surface area contributed by atoms with Crippen molar-refractivity contribution in [1.29, 1.82) is 0 Å². The number of rotatable bonds is 1. The predicted octanol–water partition coefficient (Wildman–Crippen LogP) is 0.666. The van der Waals surface area contributed by atoms with Crippen molar-refractivity contribution in [2.24, 2.45) is 0 Å². The van der Waals surface area contributed by atoms with Gasteiger partial charge in [0, 0.05) is 0 Å². The maximum atomic E-state index is 11.8. The molecule has 2 aromatic rings. The second-order valence-corrected chi connectivity index (χ2v) is 3.32. The van der Waals surface area contributed by atoms with E-state index in [0.29, 0.717) is 17.1 Å². The number of carbonyl (C=O) groups excluding carboxylic acids is 2. The number of H-pyrrole nitrogens is 1. The summed E-state index contributed by atoms with van der Waals surface area (Å²) in [5, 5.41) is 9.82. The number of ketones is 1. The highest BCUT2D eigenvalue weighted by Gasteiger charge is 2.37. The Kier molecular flexibility index (Phi) is 1.64. The number of Topliss-reactive ketones (excluding diaryl/α,β-unsaturated/α-hetero) is 1. The second kappa shape index (κ2) is 2.99. The Morgan fingerprint density at radius 1 is 1.19 bits per heavy atom. The predicted molar refractivity (Wildman–Crippen MR) is 54.3 cm³/mol. The lowest BCUT2D eigenvalue weighted by molar-refractivity contribution is -0.113. The number of fused-ring (bicyclic) bond motifs is 1. The van der Waals surface area contributed by atoms with Gasteiger partial charge in [0.2, 0.25) is 0 Å². The lowest BCUT2D eigenvalue weighted by atomic mass is 10.1. The quantitative estimate of drug-likeness (QED) is 0.707. The average molecular weight is 214 g/mol. The highest BCUT2D eigenvalue weighted by atomic mass is 16.2. The van der Waals surface area contributed by atoms with Gasteiger partial charge in [-0.1, -0.05) is 12.1 Å². The van der Waals surface area contributed by atoms with Crippen molar-refractivity contribution in [3.05, 3.63) is 36.0 Å². The fourth-order valence-electron chi connectivity index (χ4n) is 1.72. The van der Waals surface area contributed by atoms with Crippen molar-refractivity contribution in [2.75, 3.05) is 4.90 Å². The molecule has 0 radical (unpaired) electrons. The molecule has 6 heteroatoms. The Bertz CT molecular complexity index is 576. The van der Waals surface area contributed by atoms with Crippen LogP contribution in [0.2, 0.25) is 0 Å². The molecule has 0 atom stereocenters. The highest BCUT2D eigenvalue weighted by Crippen LogP contribution is 2.33. The van der Waals surface area contributed by atoms with E-state index >= 15 is 0 Å². The number of aromatic nitrogens is 3. The zero-order valence-corrected chi connectivity index (χ0v) is 8.04. The van der Waals surface area contributed by atoms with E-state index in [4.69, 9.17) is 0 Å². The Hall–Kier alpha value is -2.50. The minimum absolute atomic E-state index is 0.323. The number of hydrogen-bond donors (Lipinski definition) is 1. The molecule has 0 unspecified atom stereocenters. The van der Waals surface area contributed by atoms with Crippen LogP contribution in [0.15, 0.2) is 30.5 Å². The molecule has 1 aromatic carbocycles. The first-order valence-corrected chi connectivity index (χ1v) is 4.62. The fraction of sp³-hybridized carbons (Fsp3) is 0. The molecule has 1 aromatic heterocycles. The minimum Gasteiger partial charge on any atom is -0.283 e. The van der Waals surface area contributed by atoms with Gasteiger partial charge in [-0.2, -0.15) is 10.3 Å². The molecular formula is C10H6N4O2. The normalized spacial score (nSPS) is 14.4. The summed E-state index contributed by atoms with van der Waals surface area (Å²) in [5.74, 6) is -0.794. The van der Waals surface area contributed by atoms with E-state index in [1.807, 2.05) is 0 Å². The monoisotopic (exact) mass is 214 g/mol. The average Bonchev–Trinajstić information content (AvgIpc) is 2.89. The molecule has 0 fully saturated rings. The van der Waals surface area contributed by atoms with Crippen LogP contribution in [0.25, 0.3) is 0 Å². The lowest BCUT2D eigenvalue weighted by Gasteiger charge is -2.11. The first-order valence-electron chi connectivity index (χ1n) is 4.62. The van der Waals surface area contributed by atoms with Crippen LogP contribution in [-0.4, -0.2) is 27.1 Å². The van der Waals surface area contributed by atoms with Gasteiger partial charge in [-0.25, -0.2) is 0 Å². The molecular weight excluding hydrogens is 208 g/mol. The summed E-state index contributed by atoms with van der Waals surface area (Å²) in [6.07, 6.45) is 1.40. The van der Waals surface area contributed by atoms with Gasteiger partial charge in [-0.3, -0.25) is 14.5 Å². The van der Waals surface area contributed by atoms with Crippen LogP contribution in [0.3, 0.4) is 0 Å². The number of aromatic amines is 1. The van der Waals surface area contributed by atoms with Crippen LogP contribution in [0.4, 0.5) is 11.5 Å². The Morgan fingerprint density at radius 2 is 2.00 bits per heavy atom. The Labute approximate surface area is 89.9 Å². The maximum absolute atomic E-state index is 11.8. The zero-order chi connectivity index (χ0) is 11.1. The number of para-hydroxylation sites is 1. The second-order valence-electron chi connectivity index (χ2n) is 3.32. The summed E-state index contributed by atoms with van der Waals surface area (Å²) in [5.41, 5.74) is 0.946. The van der Waals surface area contributed by atoms with Crippen molar-refractivity contribution in [1.82, 2.24) is 15.4 Å². The molecule has 2 heterocycles. The van der Waals surface area contributed by atoms with Gasteiger partial charge in [0.05, 0.1) is 17.4 Å². The summed E-state index contributed by atoms with van der Waals surface area (Å²) < 4.78 is 0. The molecule has 1 aliphatic rings. The summed E-state index contributed by atoms with van der Waals surface area (Å²) >= 11 is 0. The van der Waals surface area contributed by atoms with Gasteiger partial charge in [-0.05, 0) is 12.1 Å². The highest BCUT2D eigenvalue weighted by molar-refractivity contribution is 6.53. The molecule has 0 aliphatic carbocycles. The van der Waals surface area contributed by atoms with Crippen LogP contribution in [-0.2, 0) is 4.79 Å². The van der Waals surface area contributed by atoms with Gasteiger partial charge in [0.15, 0.2) is 5.82 Å². The topological polar surface area (TPSA) is 79.0 Å². The number of nitrogens with one attached hydrogen (secondary N) is 1. The maximum Gasteiger partial charge on any atom is 0.305 e. The number of amides is 1. The fourth-order valence-corrected chi connectivity index (χ4v) is 1.72. The molecule has 0 bridgehead atoms. The summed E-state index contributed by atoms with van der Waals surface area (Å²) in [4.78, 5) is 24.7. The van der Waals surface area contributed by atoms with Gasteiger partial charge in [0.1, 0.15) is 0 Å². The first kappa shape index (κ1) is 8.78. The summed E-state index contributed by atoms with van der Waals surface area (Å²) in [6.45, 7) is 0. The first-order chi connectivity index (χ1) is 7.79.